The third-order valence-electron chi connectivity index (χ3n) is 4.40. The lowest BCUT2D eigenvalue weighted by atomic mass is 10.1. The van der Waals surface area contributed by atoms with Crippen LogP contribution in [-0.4, -0.2) is 45.2 Å². The van der Waals surface area contributed by atoms with Crippen LogP contribution in [0.3, 0.4) is 0 Å². The normalized spacial score (nSPS) is 16.1. The molecule has 0 aliphatic carbocycles. The van der Waals surface area contributed by atoms with Crippen molar-refractivity contribution in [1.82, 2.24) is 0 Å². The Labute approximate surface area is 162 Å². The Bertz CT molecular complexity index is 927. The SMILES string of the molecule is COC(=O)c1cccc(N[C@@H]2CC(=O)N(c3ccc(OC)c(OC)c3)C2=O)c1. The van der Waals surface area contributed by atoms with Gasteiger partial charge in [-0.2, -0.15) is 0 Å². The van der Waals surface area contributed by atoms with E-state index in [9.17, 15) is 14.4 Å². The maximum Gasteiger partial charge on any atom is 0.337 e. The molecule has 0 bridgehead atoms. The Balaban J connectivity index is 1.82. The van der Waals surface area contributed by atoms with E-state index in [0.29, 0.717) is 28.4 Å². The number of rotatable bonds is 6. The summed E-state index contributed by atoms with van der Waals surface area (Å²) in [5.41, 5.74) is 1.30. The van der Waals surface area contributed by atoms with Crippen molar-refractivity contribution in [3.63, 3.8) is 0 Å². The predicted molar refractivity (Wildman–Crippen MR) is 102 cm³/mol. The van der Waals surface area contributed by atoms with Crippen LogP contribution < -0.4 is 19.7 Å². The van der Waals surface area contributed by atoms with Crippen LogP contribution in [0, 0.1) is 0 Å². The van der Waals surface area contributed by atoms with Crippen molar-refractivity contribution >= 4 is 29.2 Å². The molecule has 146 valence electrons. The summed E-state index contributed by atoms with van der Waals surface area (Å²) in [7, 11) is 4.28. The van der Waals surface area contributed by atoms with E-state index in [4.69, 9.17) is 14.2 Å². The number of nitrogens with one attached hydrogen (secondary N) is 1. The molecule has 0 aromatic heterocycles. The van der Waals surface area contributed by atoms with Crippen LogP contribution in [0.25, 0.3) is 0 Å². The average molecular weight is 384 g/mol. The molecule has 0 saturated carbocycles. The molecule has 8 heteroatoms. The zero-order valence-electron chi connectivity index (χ0n) is 15.7. The molecule has 0 unspecified atom stereocenters. The lowest BCUT2D eigenvalue weighted by Gasteiger charge is -2.18. The summed E-state index contributed by atoms with van der Waals surface area (Å²) >= 11 is 0. The molecule has 1 aliphatic heterocycles. The third kappa shape index (κ3) is 3.62. The van der Waals surface area contributed by atoms with Crippen molar-refractivity contribution in [2.24, 2.45) is 0 Å². The highest BCUT2D eigenvalue weighted by molar-refractivity contribution is 6.23. The zero-order chi connectivity index (χ0) is 20.3. The first-order valence-electron chi connectivity index (χ1n) is 8.52. The van der Waals surface area contributed by atoms with E-state index in [1.807, 2.05) is 0 Å². The quantitative estimate of drug-likeness (QED) is 0.603. The summed E-state index contributed by atoms with van der Waals surface area (Å²) in [4.78, 5) is 38.1. The van der Waals surface area contributed by atoms with Crippen LogP contribution in [0.1, 0.15) is 16.8 Å². The number of esters is 1. The van der Waals surface area contributed by atoms with E-state index >= 15 is 0 Å². The van der Waals surface area contributed by atoms with Gasteiger partial charge in [-0.3, -0.25) is 9.59 Å². The number of carbonyl (C=O) groups is 3. The molecule has 1 aliphatic rings. The van der Waals surface area contributed by atoms with Crippen LogP contribution in [0.2, 0.25) is 0 Å². The van der Waals surface area contributed by atoms with Gasteiger partial charge < -0.3 is 19.5 Å². The highest BCUT2D eigenvalue weighted by Gasteiger charge is 2.40. The van der Waals surface area contributed by atoms with E-state index < -0.39 is 12.0 Å². The summed E-state index contributed by atoms with van der Waals surface area (Å²) < 4.78 is 15.1. The van der Waals surface area contributed by atoms with Gasteiger partial charge in [-0.25, -0.2) is 9.69 Å². The molecule has 1 N–H and O–H groups in total. The fraction of sp³-hybridized carbons (Fsp3) is 0.250. The molecule has 28 heavy (non-hydrogen) atoms. The summed E-state index contributed by atoms with van der Waals surface area (Å²) in [6, 6.07) is 10.7. The van der Waals surface area contributed by atoms with Gasteiger partial charge in [-0.05, 0) is 30.3 Å². The van der Waals surface area contributed by atoms with E-state index in [2.05, 4.69) is 5.32 Å². The van der Waals surface area contributed by atoms with Gasteiger partial charge in [0.05, 0.1) is 39.0 Å². The minimum absolute atomic E-state index is 0.00434. The number of hydrogen-bond donors (Lipinski definition) is 1. The molecule has 0 spiro atoms. The van der Waals surface area contributed by atoms with Crippen molar-refractivity contribution in [3.05, 3.63) is 48.0 Å². The number of anilines is 2. The highest BCUT2D eigenvalue weighted by atomic mass is 16.5. The van der Waals surface area contributed by atoms with Crippen molar-refractivity contribution < 1.29 is 28.6 Å². The molecule has 1 saturated heterocycles. The van der Waals surface area contributed by atoms with Crippen molar-refractivity contribution in [1.29, 1.82) is 0 Å². The summed E-state index contributed by atoms with van der Waals surface area (Å²) in [5, 5.41) is 3.02. The highest BCUT2D eigenvalue weighted by Crippen LogP contribution is 2.34. The topological polar surface area (TPSA) is 94.2 Å². The molecule has 2 amide bonds. The molecular formula is C20H20N2O6. The Kier molecular flexibility index (Phi) is 5.49. The van der Waals surface area contributed by atoms with Crippen molar-refractivity contribution in [2.45, 2.75) is 12.5 Å². The Hall–Kier alpha value is -3.55. The van der Waals surface area contributed by atoms with Crippen LogP contribution in [-0.2, 0) is 14.3 Å². The Morgan fingerprint density at radius 2 is 1.79 bits per heavy atom. The lowest BCUT2D eigenvalue weighted by Crippen LogP contribution is -2.34. The lowest BCUT2D eigenvalue weighted by molar-refractivity contribution is -0.121. The number of benzene rings is 2. The monoisotopic (exact) mass is 384 g/mol. The number of ether oxygens (including phenoxy) is 3. The average Bonchev–Trinajstić information content (AvgIpc) is 2.99. The first kappa shape index (κ1) is 19.2. The van der Waals surface area contributed by atoms with E-state index in [1.54, 1.807) is 42.5 Å². The van der Waals surface area contributed by atoms with E-state index in [1.165, 1.54) is 21.3 Å². The van der Waals surface area contributed by atoms with Gasteiger partial charge in [0.2, 0.25) is 5.91 Å². The number of hydrogen-bond acceptors (Lipinski definition) is 7. The Morgan fingerprint density at radius 3 is 2.46 bits per heavy atom. The standard InChI is InChI=1S/C20H20N2O6/c1-26-16-8-7-14(10-17(16)27-2)22-18(23)11-15(19(22)24)21-13-6-4-5-12(9-13)20(25)28-3/h4-10,15,21H,11H2,1-3H3/t15-/m1/s1. The predicted octanol–water partition coefficient (Wildman–Crippen LogP) is 2.23. The molecule has 1 atom stereocenters. The molecule has 2 aromatic carbocycles. The second kappa shape index (κ2) is 7.99. The molecule has 1 fully saturated rings. The summed E-state index contributed by atoms with van der Waals surface area (Å²) in [6.45, 7) is 0. The van der Waals surface area contributed by atoms with Gasteiger partial charge in [0.25, 0.3) is 5.91 Å². The minimum Gasteiger partial charge on any atom is -0.493 e. The van der Waals surface area contributed by atoms with Gasteiger partial charge in [0.1, 0.15) is 6.04 Å². The zero-order valence-corrected chi connectivity index (χ0v) is 15.7. The summed E-state index contributed by atoms with van der Waals surface area (Å²) in [6.07, 6.45) is -0.00434. The van der Waals surface area contributed by atoms with Crippen molar-refractivity contribution in [2.75, 3.05) is 31.5 Å². The first-order chi connectivity index (χ1) is 13.5. The number of amides is 2. The van der Waals surface area contributed by atoms with E-state index in [0.717, 1.165) is 4.90 Å². The molecule has 3 rings (SSSR count). The fourth-order valence-corrected chi connectivity index (χ4v) is 3.03. The van der Waals surface area contributed by atoms with Gasteiger partial charge in [-0.1, -0.05) is 6.07 Å². The van der Waals surface area contributed by atoms with Gasteiger partial charge in [0.15, 0.2) is 11.5 Å². The van der Waals surface area contributed by atoms with Crippen LogP contribution >= 0.6 is 0 Å². The molecule has 1 heterocycles. The van der Waals surface area contributed by atoms with E-state index in [-0.39, 0.29) is 18.2 Å². The summed E-state index contributed by atoms with van der Waals surface area (Å²) in [5.74, 6) is -0.286. The van der Waals surface area contributed by atoms with Crippen LogP contribution in [0.4, 0.5) is 11.4 Å². The second-order valence-electron chi connectivity index (χ2n) is 6.08. The van der Waals surface area contributed by atoms with Gasteiger partial charge in [-0.15, -0.1) is 0 Å². The number of nitrogens with zero attached hydrogens (tertiary/aromatic N) is 1. The number of methoxy groups -OCH3 is 3. The smallest absolute Gasteiger partial charge is 0.337 e. The maximum absolute atomic E-state index is 12.8. The van der Waals surface area contributed by atoms with Crippen LogP contribution in [0.15, 0.2) is 42.5 Å². The Morgan fingerprint density at radius 1 is 1.04 bits per heavy atom. The number of carbonyl (C=O) groups excluding carboxylic acids is 3. The minimum atomic E-state index is -0.742. The second-order valence-corrected chi connectivity index (χ2v) is 6.08. The molecule has 2 aromatic rings. The van der Waals surface area contributed by atoms with Gasteiger partial charge in [0, 0.05) is 11.8 Å². The maximum atomic E-state index is 12.8. The third-order valence-corrected chi connectivity index (χ3v) is 4.40. The van der Waals surface area contributed by atoms with Crippen molar-refractivity contribution in [3.8, 4) is 11.5 Å². The molecule has 8 nitrogen and oxygen atoms in total. The van der Waals surface area contributed by atoms with Gasteiger partial charge >= 0.3 is 5.97 Å². The van der Waals surface area contributed by atoms with Crippen LogP contribution in [0.5, 0.6) is 11.5 Å². The first-order valence-corrected chi connectivity index (χ1v) is 8.52. The molecule has 0 radical (unpaired) electrons. The molecular weight excluding hydrogens is 364 g/mol. The fourth-order valence-electron chi connectivity index (χ4n) is 3.03. The largest absolute Gasteiger partial charge is 0.493 e. The number of imide groups is 1.